The standard InChI is InChI=1S/C18H24O2.C9H7N/c1-18-9-8-14-13-5-3-12(19)10-11(13)2-4-15(14)16(18)6-7-17(18)20;1-2-4-9-7-10-6-5-8(9)3-1/h3,5,10,14-17,19-20H,2,4,6-9H2,1H3;1-7H/t14-,15-,16+,17+,18+;/m1./s1. The number of nitrogens with zero attached hydrogens (tertiary/aromatic N) is 1. The maximum absolute atomic E-state index is 10.4. The van der Waals surface area contributed by atoms with E-state index >= 15 is 0 Å². The Kier molecular flexibility index (Phi) is 5.02. The number of aromatic hydroxyl groups is 1. The lowest BCUT2D eigenvalue weighted by molar-refractivity contribution is -0.0226. The highest BCUT2D eigenvalue weighted by Gasteiger charge is 2.54. The van der Waals surface area contributed by atoms with Crippen LogP contribution in [-0.2, 0) is 6.42 Å². The molecule has 0 bridgehead atoms. The lowest BCUT2D eigenvalue weighted by atomic mass is 9.55. The maximum Gasteiger partial charge on any atom is 0.115 e. The van der Waals surface area contributed by atoms with Crippen molar-refractivity contribution in [3.63, 3.8) is 0 Å². The van der Waals surface area contributed by atoms with Gasteiger partial charge in [-0.2, -0.15) is 0 Å². The molecule has 30 heavy (non-hydrogen) atoms. The largest absolute Gasteiger partial charge is 0.508 e. The number of aliphatic hydroxyl groups is 1. The van der Waals surface area contributed by atoms with E-state index in [9.17, 15) is 10.2 Å². The van der Waals surface area contributed by atoms with Crippen LogP contribution in [-0.4, -0.2) is 21.3 Å². The quantitative estimate of drug-likeness (QED) is 0.497. The van der Waals surface area contributed by atoms with Crippen molar-refractivity contribution in [1.29, 1.82) is 0 Å². The summed E-state index contributed by atoms with van der Waals surface area (Å²) in [7, 11) is 0. The number of hydrogen-bond donors (Lipinski definition) is 2. The Hall–Kier alpha value is -2.39. The first-order chi connectivity index (χ1) is 14.6. The Morgan fingerprint density at radius 2 is 1.80 bits per heavy atom. The number of aromatic nitrogens is 1. The number of pyridine rings is 1. The van der Waals surface area contributed by atoms with Crippen molar-refractivity contribution < 1.29 is 10.2 Å². The smallest absolute Gasteiger partial charge is 0.115 e. The molecule has 6 rings (SSSR count). The average Bonchev–Trinajstić information content (AvgIpc) is 3.08. The Morgan fingerprint density at radius 1 is 0.967 bits per heavy atom. The Labute approximate surface area is 178 Å². The van der Waals surface area contributed by atoms with Gasteiger partial charge in [0, 0.05) is 12.4 Å². The van der Waals surface area contributed by atoms with E-state index in [-0.39, 0.29) is 11.5 Å². The summed E-state index contributed by atoms with van der Waals surface area (Å²) in [4.78, 5) is 4.01. The fraction of sp³-hybridized carbons (Fsp3) is 0.444. The van der Waals surface area contributed by atoms with Crippen LogP contribution >= 0.6 is 0 Å². The summed E-state index contributed by atoms with van der Waals surface area (Å²) in [5.74, 6) is 2.49. The van der Waals surface area contributed by atoms with E-state index in [4.69, 9.17) is 0 Å². The molecular formula is C27H31NO2. The number of phenols is 1. The Morgan fingerprint density at radius 3 is 2.63 bits per heavy atom. The van der Waals surface area contributed by atoms with Gasteiger partial charge in [-0.05, 0) is 102 Å². The fourth-order valence-corrected chi connectivity index (χ4v) is 6.57. The highest BCUT2D eigenvalue weighted by Crippen LogP contribution is 2.60. The third-order valence-corrected chi connectivity index (χ3v) is 8.21. The first-order valence-corrected chi connectivity index (χ1v) is 11.3. The molecule has 2 N–H and O–H groups in total. The van der Waals surface area contributed by atoms with Gasteiger partial charge in [0.2, 0.25) is 0 Å². The molecule has 1 heterocycles. The lowest BCUT2D eigenvalue weighted by Crippen LogP contribution is -2.43. The number of rotatable bonds is 0. The predicted molar refractivity (Wildman–Crippen MR) is 120 cm³/mol. The molecule has 0 spiro atoms. The fourth-order valence-electron chi connectivity index (χ4n) is 6.57. The molecule has 2 aromatic carbocycles. The predicted octanol–water partition coefficient (Wildman–Crippen LogP) is 5.84. The SMILES string of the molecule is C[C@]12CC[C@@H]3c4ccc(O)cc4CC[C@H]3[C@@H]1CC[C@@H]2O.c1ccc2cnccc2c1. The molecule has 1 aromatic heterocycles. The molecule has 2 fully saturated rings. The number of benzene rings is 2. The van der Waals surface area contributed by atoms with Crippen molar-refractivity contribution in [2.45, 2.75) is 57.5 Å². The van der Waals surface area contributed by atoms with E-state index in [1.165, 1.54) is 41.2 Å². The Balaban J connectivity index is 0.000000161. The zero-order chi connectivity index (χ0) is 20.7. The number of aryl methyl sites for hydroxylation is 1. The molecule has 2 saturated carbocycles. The van der Waals surface area contributed by atoms with E-state index in [0.29, 0.717) is 17.6 Å². The third-order valence-electron chi connectivity index (χ3n) is 8.21. The summed E-state index contributed by atoms with van der Waals surface area (Å²) in [6.45, 7) is 2.32. The zero-order valence-electron chi connectivity index (χ0n) is 17.7. The normalized spacial score (nSPS) is 31.8. The second kappa shape index (κ2) is 7.70. The highest BCUT2D eigenvalue weighted by molar-refractivity contribution is 5.80. The minimum atomic E-state index is -0.0883. The number of aliphatic hydroxyl groups excluding tert-OH is 1. The molecule has 3 aromatic rings. The Bertz CT molecular complexity index is 982. The molecule has 0 amide bonds. The van der Waals surface area contributed by atoms with Crippen molar-refractivity contribution in [3.8, 4) is 5.75 Å². The monoisotopic (exact) mass is 401 g/mol. The minimum Gasteiger partial charge on any atom is -0.508 e. The van der Waals surface area contributed by atoms with Gasteiger partial charge in [-0.3, -0.25) is 4.98 Å². The summed E-state index contributed by atoms with van der Waals surface area (Å²) >= 11 is 0. The molecule has 0 aliphatic heterocycles. The summed E-state index contributed by atoms with van der Waals surface area (Å²) < 4.78 is 0. The first kappa shape index (κ1) is 19.6. The lowest BCUT2D eigenvalue weighted by Gasteiger charge is -2.50. The molecule has 3 nitrogen and oxygen atoms in total. The van der Waals surface area contributed by atoms with Crippen LogP contribution in [0.15, 0.2) is 60.9 Å². The van der Waals surface area contributed by atoms with E-state index in [0.717, 1.165) is 25.2 Å². The van der Waals surface area contributed by atoms with Gasteiger partial charge in [-0.15, -0.1) is 0 Å². The first-order valence-electron chi connectivity index (χ1n) is 11.3. The average molecular weight is 402 g/mol. The summed E-state index contributed by atoms with van der Waals surface area (Å²) in [6.07, 6.45) is 10.5. The van der Waals surface area contributed by atoms with Crippen LogP contribution < -0.4 is 0 Å². The van der Waals surface area contributed by atoms with Crippen molar-refractivity contribution in [2.75, 3.05) is 0 Å². The molecule has 3 heteroatoms. The number of hydrogen-bond acceptors (Lipinski definition) is 3. The molecule has 0 unspecified atom stereocenters. The zero-order valence-corrected chi connectivity index (χ0v) is 17.7. The van der Waals surface area contributed by atoms with Crippen LogP contribution in [0.2, 0.25) is 0 Å². The molecule has 0 saturated heterocycles. The number of fused-ring (bicyclic) bond motifs is 6. The van der Waals surface area contributed by atoms with E-state index in [2.05, 4.69) is 30.1 Å². The topological polar surface area (TPSA) is 53.4 Å². The number of phenolic OH excluding ortho intramolecular Hbond substituents is 1. The van der Waals surface area contributed by atoms with E-state index in [1.807, 2.05) is 42.7 Å². The van der Waals surface area contributed by atoms with Gasteiger partial charge < -0.3 is 10.2 Å². The second-order valence-corrected chi connectivity index (χ2v) is 9.66. The van der Waals surface area contributed by atoms with Gasteiger partial charge in [0.05, 0.1) is 6.10 Å². The van der Waals surface area contributed by atoms with E-state index < -0.39 is 0 Å². The van der Waals surface area contributed by atoms with Crippen LogP contribution in [0.3, 0.4) is 0 Å². The van der Waals surface area contributed by atoms with Crippen molar-refractivity contribution in [2.24, 2.45) is 17.3 Å². The summed E-state index contributed by atoms with van der Waals surface area (Å²) in [6, 6.07) is 16.2. The highest BCUT2D eigenvalue weighted by atomic mass is 16.3. The minimum absolute atomic E-state index is 0.0883. The van der Waals surface area contributed by atoms with Crippen molar-refractivity contribution >= 4 is 10.8 Å². The van der Waals surface area contributed by atoms with Crippen LogP contribution in [0.25, 0.3) is 10.8 Å². The molecule has 5 atom stereocenters. The van der Waals surface area contributed by atoms with Gasteiger partial charge in [0.1, 0.15) is 5.75 Å². The molecule has 156 valence electrons. The summed E-state index contributed by atoms with van der Waals surface area (Å²) in [5.41, 5.74) is 2.99. The van der Waals surface area contributed by atoms with Crippen molar-refractivity contribution in [1.82, 2.24) is 4.98 Å². The van der Waals surface area contributed by atoms with Crippen LogP contribution in [0, 0.1) is 17.3 Å². The maximum atomic E-state index is 10.4. The van der Waals surface area contributed by atoms with Gasteiger partial charge in [-0.25, -0.2) is 0 Å². The summed E-state index contributed by atoms with van der Waals surface area (Å²) in [5, 5.41) is 22.5. The van der Waals surface area contributed by atoms with Gasteiger partial charge >= 0.3 is 0 Å². The molecule has 0 radical (unpaired) electrons. The van der Waals surface area contributed by atoms with Crippen LogP contribution in [0.1, 0.15) is 56.1 Å². The van der Waals surface area contributed by atoms with Crippen LogP contribution in [0.5, 0.6) is 5.75 Å². The second-order valence-electron chi connectivity index (χ2n) is 9.66. The van der Waals surface area contributed by atoms with Gasteiger partial charge in [-0.1, -0.05) is 37.3 Å². The van der Waals surface area contributed by atoms with Crippen molar-refractivity contribution in [3.05, 3.63) is 72.1 Å². The van der Waals surface area contributed by atoms with Crippen LogP contribution in [0.4, 0.5) is 0 Å². The van der Waals surface area contributed by atoms with Gasteiger partial charge in [0.15, 0.2) is 0 Å². The molecular weight excluding hydrogens is 370 g/mol. The molecule has 3 aliphatic rings. The molecule has 3 aliphatic carbocycles. The van der Waals surface area contributed by atoms with Gasteiger partial charge in [0.25, 0.3) is 0 Å². The third kappa shape index (κ3) is 3.30. The van der Waals surface area contributed by atoms with E-state index in [1.54, 1.807) is 0 Å².